The van der Waals surface area contributed by atoms with Crippen LogP contribution in [-0.2, 0) is 20.0 Å². The van der Waals surface area contributed by atoms with Crippen LogP contribution in [-0.4, -0.2) is 48.2 Å². The second-order valence-electron chi connectivity index (χ2n) is 8.00. The van der Waals surface area contributed by atoms with E-state index in [9.17, 15) is 16.8 Å². The quantitative estimate of drug-likeness (QED) is 0.446. The molecule has 12 heteroatoms. The van der Waals surface area contributed by atoms with E-state index < -0.39 is 20.0 Å². The number of aromatic nitrogens is 1. The minimum atomic E-state index is -4.08. The van der Waals surface area contributed by atoms with Crippen molar-refractivity contribution in [1.82, 2.24) is 10.5 Å². The molecule has 0 atom stereocenters. The molecule has 2 aromatic carbocycles. The van der Waals surface area contributed by atoms with E-state index in [1.165, 1.54) is 26.0 Å². The Hall–Kier alpha value is -3.09. The second-order valence-corrected chi connectivity index (χ2v) is 11.3. The summed E-state index contributed by atoms with van der Waals surface area (Å²) in [5, 5.41) is 7.04. The summed E-state index contributed by atoms with van der Waals surface area (Å²) < 4.78 is 62.4. The molecule has 1 aliphatic heterocycles. The summed E-state index contributed by atoms with van der Waals surface area (Å²) in [6.45, 7) is 6.27. The normalized spacial score (nSPS) is 15.1. The third-order valence-electron chi connectivity index (χ3n) is 5.49. The van der Waals surface area contributed by atoms with E-state index >= 15 is 0 Å². The Morgan fingerprint density at radius 1 is 0.912 bits per heavy atom. The predicted molar refractivity (Wildman–Crippen MR) is 130 cm³/mol. The van der Waals surface area contributed by atoms with Crippen molar-refractivity contribution in [2.75, 3.05) is 40.5 Å². The number of rotatable bonds is 7. The Morgan fingerprint density at radius 2 is 1.65 bits per heavy atom. The summed E-state index contributed by atoms with van der Waals surface area (Å²) in [6, 6.07) is 12.9. The van der Waals surface area contributed by atoms with Crippen LogP contribution >= 0.6 is 0 Å². The standard InChI is InChI=1S/C22H27N5O5S2/c1-16-22(17(2)32-24-16)34(30,31)25-20-10-9-18(27-13-6-11-23-12-14-27)15-21(20)26-33(28,29)19-7-4-3-5-8-19/h3-5,7-10,15,23,25-26H,6,11-14H2,1-2H3. The molecular weight excluding hydrogens is 478 g/mol. The highest BCUT2D eigenvalue weighted by molar-refractivity contribution is 7.93. The van der Waals surface area contributed by atoms with Gasteiger partial charge in [-0.3, -0.25) is 9.44 Å². The Bertz CT molecular complexity index is 1340. The summed E-state index contributed by atoms with van der Waals surface area (Å²) in [4.78, 5) is 2.12. The first-order chi connectivity index (χ1) is 16.2. The highest BCUT2D eigenvalue weighted by Crippen LogP contribution is 2.33. The fraction of sp³-hybridized carbons (Fsp3) is 0.318. The van der Waals surface area contributed by atoms with Gasteiger partial charge in [-0.05, 0) is 57.1 Å². The molecule has 0 bridgehead atoms. The van der Waals surface area contributed by atoms with Crippen LogP contribution in [0.25, 0.3) is 0 Å². The van der Waals surface area contributed by atoms with Crippen LogP contribution in [0.15, 0.2) is 62.8 Å². The number of nitrogens with one attached hydrogen (secondary N) is 3. The van der Waals surface area contributed by atoms with E-state index in [4.69, 9.17) is 4.52 Å². The lowest BCUT2D eigenvalue weighted by Gasteiger charge is -2.24. The van der Waals surface area contributed by atoms with Gasteiger partial charge in [0, 0.05) is 25.3 Å². The van der Waals surface area contributed by atoms with Gasteiger partial charge in [0.15, 0.2) is 10.7 Å². The molecule has 1 fully saturated rings. The zero-order valence-electron chi connectivity index (χ0n) is 18.9. The highest BCUT2D eigenvalue weighted by atomic mass is 32.2. The monoisotopic (exact) mass is 505 g/mol. The Labute approximate surface area is 199 Å². The fourth-order valence-electron chi connectivity index (χ4n) is 3.86. The fourth-order valence-corrected chi connectivity index (χ4v) is 6.37. The molecule has 0 radical (unpaired) electrons. The lowest BCUT2D eigenvalue weighted by Crippen LogP contribution is -2.28. The Kier molecular flexibility index (Phi) is 6.82. The molecule has 3 aromatic rings. The van der Waals surface area contributed by atoms with Crippen LogP contribution in [0, 0.1) is 13.8 Å². The van der Waals surface area contributed by atoms with Crippen LogP contribution in [0.5, 0.6) is 0 Å². The molecule has 0 aliphatic carbocycles. The molecule has 1 aromatic heterocycles. The highest BCUT2D eigenvalue weighted by Gasteiger charge is 2.26. The first-order valence-corrected chi connectivity index (χ1v) is 13.8. The van der Waals surface area contributed by atoms with Crippen molar-refractivity contribution in [3.05, 3.63) is 60.0 Å². The number of hydrogen-bond donors (Lipinski definition) is 3. The van der Waals surface area contributed by atoms with E-state index in [0.717, 1.165) is 38.3 Å². The number of sulfonamides is 2. The number of aryl methyl sites for hydroxylation is 2. The van der Waals surface area contributed by atoms with Crippen LogP contribution in [0.1, 0.15) is 17.9 Å². The molecule has 0 unspecified atom stereocenters. The smallest absolute Gasteiger partial charge is 0.267 e. The Morgan fingerprint density at radius 3 is 2.35 bits per heavy atom. The average Bonchev–Trinajstić information content (AvgIpc) is 2.99. The van der Waals surface area contributed by atoms with Gasteiger partial charge in [-0.1, -0.05) is 23.4 Å². The maximum absolute atomic E-state index is 13.1. The molecule has 3 N–H and O–H groups in total. The summed E-state index contributed by atoms with van der Waals surface area (Å²) >= 11 is 0. The first-order valence-electron chi connectivity index (χ1n) is 10.8. The van der Waals surface area contributed by atoms with Gasteiger partial charge in [-0.15, -0.1) is 0 Å². The van der Waals surface area contributed by atoms with Crippen LogP contribution in [0.4, 0.5) is 17.1 Å². The van der Waals surface area contributed by atoms with E-state index in [-0.39, 0.29) is 32.6 Å². The molecule has 182 valence electrons. The molecule has 0 spiro atoms. The summed E-state index contributed by atoms with van der Waals surface area (Å²) in [6.07, 6.45) is 0.936. The summed E-state index contributed by atoms with van der Waals surface area (Å²) in [5.74, 6) is 0.144. The Balaban J connectivity index is 1.74. The summed E-state index contributed by atoms with van der Waals surface area (Å²) in [5.41, 5.74) is 1.21. The van der Waals surface area contributed by atoms with E-state index in [0.29, 0.717) is 0 Å². The summed E-state index contributed by atoms with van der Waals surface area (Å²) in [7, 11) is -8.05. The molecule has 0 saturated carbocycles. The van der Waals surface area contributed by atoms with Gasteiger partial charge in [-0.25, -0.2) is 16.8 Å². The van der Waals surface area contributed by atoms with Gasteiger partial charge >= 0.3 is 0 Å². The zero-order chi connectivity index (χ0) is 24.3. The van der Waals surface area contributed by atoms with Gasteiger partial charge in [0.05, 0.1) is 16.3 Å². The molecule has 1 aliphatic rings. The van der Waals surface area contributed by atoms with Gasteiger partial charge in [0.25, 0.3) is 20.0 Å². The number of anilines is 3. The average molecular weight is 506 g/mol. The van der Waals surface area contributed by atoms with Crippen molar-refractivity contribution >= 4 is 37.1 Å². The number of benzene rings is 2. The molecular formula is C22H27N5O5S2. The molecule has 4 rings (SSSR count). The van der Waals surface area contributed by atoms with Gasteiger partial charge in [0.2, 0.25) is 0 Å². The molecule has 0 amide bonds. The van der Waals surface area contributed by atoms with Crippen LogP contribution < -0.4 is 19.7 Å². The second kappa shape index (κ2) is 9.65. The van der Waals surface area contributed by atoms with Crippen molar-refractivity contribution in [3.63, 3.8) is 0 Å². The molecule has 2 heterocycles. The lowest BCUT2D eigenvalue weighted by atomic mass is 10.2. The number of hydrogen-bond acceptors (Lipinski definition) is 8. The van der Waals surface area contributed by atoms with Gasteiger partial charge in [-0.2, -0.15) is 0 Å². The van der Waals surface area contributed by atoms with E-state index in [1.54, 1.807) is 36.4 Å². The third-order valence-corrected chi connectivity index (χ3v) is 8.48. The largest absolute Gasteiger partial charge is 0.370 e. The van der Waals surface area contributed by atoms with Crippen molar-refractivity contribution in [2.24, 2.45) is 0 Å². The third kappa shape index (κ3) is 5.18. The minimum Gasteiger partial charge on any atom is -0.370 e. The van der Waals surface area contributed by atoms with Gasteiger partial charge < -0.3 is 14.7 Å². The van der Waals surface area contributed by atoms with Crippen molar-refractivity contribution in [3.8, 4) is 0 Å². The molecule has 34 heavy (non-hydrogen) atoms. The lowest BCUT2D eigenvalue weighted by molar-refractivity contribution is 0.390. The minimum absolute atomic E-state index is 0.0684. The van der Waals surface area contributed by atoms with E-state index in [1.807, 2.05) is 0 Å². The first kappa shape index (κ1) is 24.0. The predicted octanol–water partition coefficient (Wildman–Crippen LogP) is 2.69. The van der Waals surface area contributed by atoms with Crippen molar-refractivity contribution < 1.29 is 21.4 Å². The maximum atomic E-state index is 13.1. The van der Waals surface area contributed by atoms with E-state index in [2.05, 4.69) is 24.8 Å². The SMILES string of the molecule is Cc1noc(C)c1S(=O)(=O)Nc1ccc(N2CCCNCC2)cc1NS(=O)(=O)c1ccccc1. The maximum Gasteiger partial charge on any atom is 0.267 e. The zero-order valence-corrected chi connectivity index (χ0v) is 20.5. The topological polar surface area (TPSA) is 134 Å². The molecule has 10 nitrogen and oxygen atoms in total. The van der Waals surface area contributed by atoms with Crippen molar-refractivity contribution in [2.45, 2.75) is 30.1 Å². The van der Waals surface area contributed by atoms with Crippen LogP contribution in [0.2, 0.25) is 0 Å². The number of nitrogens with zero attached hydrogens (tertiary/aromatic N) is 2. The molecule has 1 saturated heterocycles. The van der Waals surface area contributed by atoms with Crippen LogP contribution in [0.3, 0.4) is 0 Å². The van der Waals surface area contributed by atoms with Gasteiger partial charge in [0.1, 0.15) is 5.69 Å². The van der Waals surface area contributed by atoms with Crippen molar-refractivity contribution in [1.29, 1.82) is 0 Å².